The standard InChI is InChI=1S/C9H9ClN2O2/c1-6-8(3-11-5-14)7(4-13)2-9(10)12-6/h2,4-5H,3H2,1H3,(H,11,14). The molecule has 0 aliphatic carbocycles. The van der Waals surface area contributed by atoms with Crippen LogP contribution < -0.4 is 5.32 Å². The Hall–Kier alpha value is -1.42. The molecule has 1 aromatic rings. The summed E-state index contributed by atoms with van der Waals surface area (Å²) < 4.78 is 0. The zero-order valence-electron chi connectivity index (χ0n) is 7.58. The van der Waals surface area contributed by atoms with Crippen molar-refractivity contribution in [3.8, 4) is 0 Å². The first-order valence-corrected chi connectivity index (χ1v) is 4.35. The molecule has 1 aromatic heterocycles. The molecule has 0 fully saturated rings. The van der Waals surface area contributed by atoms with E-state index < -0.39 is 0 Å². The van der Waals surface area contributed by atoms with Gasteiger partial charge in [-0.25, -0.2) is 4.98 Å². The van der Waals surface area contributed by atoms with Crippen molar-refractivity contribution in [3.63, 3.8) is 0 Å². The van der Waals surface area contributed by atoms with E-state index in [0.29, 0.717) is 29.5 Å². The lowest BCUT2D eigenvalue weighted by molar-refractivity contribution is -0.109. The maximum Gasteiger partial charge on any atom is 0.207 e. The van der Waals surface area contributed by atoms with E-state index in [1.54, 1.807) is 6.92 Å². The van der Waals surface area contributed by atoms with E-state index in [1.807, 2.05) is 0 Å². The molecule has 0 atom stereocenters. The number of rotatable bonds is 4. The van der Waals surface area contributed by atoms with Crippen molar-refractivity contribution in [3.05, 3.63) is 28.0 Å². The van der Waals surface area contributed by atoms with Crippen LogP contribution in [0.15, 0.2) is 6.07 Å². The topological polar surface area (TPSA) is 59.1 Å². The first kappa shape index (κ1) is 10.7. The third-order valence-corrected chi connectivity index (χ3v) is 2.02. The van der Waals surface area contributed by atoms with Gasteiger partial charge in [-0.2, -0.15) is 0 Å². The second kappa shape index (κ2) is 4.72. The van der Waals surface area contributed by atoms with Gasteiger partial charge in [0.25, 0.3) is 0 Å². The molecule has 1 N–H and O–H groups in total. The van der Waals surface area contributed by atoms with Crippen molar-refractivity contribution >= 4 is 24.3 Å². The van der Waals surface area contributed by atoms with Crippen LogP contribution in [0.25, 0.3) is 0 Å². The van der Waals surface area contributed by atoms with Crippen molar-refractivity contribution < 1.29 is 9.59 Å². The fourth-order valence-corrected chi connectivity index (χ4v) is 1.41. The number of pyridine rings is 1. The van der Waals surface area contributed by atoms with Crippen molar-refractivity contribution in [2.24, 2.45) is 0 Å². The predicted octanol–water partition coefficient (Wildman–Crippen LogP) is 1.10. The number of hydrogen-bond acceptors (Lipinski definition) is 3. The average molecular weight is 213 g/mol. The summed E-state index contributed by atoms with van der Waals surface area (Å²) in [5.74, 6) is 0. The second-order valence-corrected chi connectivity index (χ2v) is 3.10. The highest BCUT2D eigenvalue weighted by atomic mass is 35.5. The molecule has 0 bridgehead atoms. The Morgan fingerprint density at radius 2 is 2.29 bits per heavy atom. The molecule has 0 radical (unpaired) electrons. The maximum atomic E-state index is 10.7. The fraction of sp³-hybridized carbons (Fsp3) is 0.222. The molecule has 14 heavy (non-hydrogen) atoms. The van der Waals surface area contributed by atoms with Gasteiger partial charge in [-0.1, -0.05) is 11.6 Å². The fourth-order valence-electron chi connectivity index (χ4n) is 1.16. The molecule has 0 aliphatic heterocycles. The SMILES string of the molecule is Cc1nc(Cl)cc(C=O)c1CNC=O. The largest absolute Gasteiger partial charge is 0.355 e. The van der Waals surface area contributed by atoms with Gasteiger partial charge in [0, 0.05) is 23.4 Å². The zero-order valence-corrected chi connectivity index (χ0v) is 8.34. The Kier molecular flexibility index (Phi) is 3.59. The van der Waals surface area contributed by atoms with E-state index in [1.165, 1.54) is 6.07 Å². The molecule has 0 spiro atoms. The van der Waals surface area contributed by atoms with Gasteiger partial charge in [-0.05, 0) is 13.0 Å². The van der Waals surface area contributed by atoms with Crippen LogP contribution in [0, 0.1) is 6.92 Å². The molecule has 74 valence electrons. The Morgan fingerprint density at radius 3 is 2.86 bits per heavy atom. The summed E-state index contributed by atoms with van der Waals surface area (Å²) in [5.41, 5.74) is 1.79. The molecule has 1 heterocycles. The highest BCUT2D eigenvalue weighted by Gasteiger charge is 2.07. The third kappa shape index (κ3) is 2.29. The number of nitrogens with one attached hydrogen (secondary N) is 1. The number of aryl methyl sites for hydroxylation is 1. The number of halogens is 1. The van der Waals surface area contributed by atoms with Crippen molar-refractivity contribution in [2.75, 3.05) is 0 Å². The van der Waals surface area contributed by atoms with Gasteiger partial charge >= 0.3 is 0 Å². The van der Waals surface area contributed by atoms with Gasteiger partial charge in [0.2, 0.25) is 6.41 Å². The van der Waals surface area contributed by atoms with Gasteiger partial charge in [0.15, 0.2) is 6.29 Å². The van der Waals surface area contributed by atoms with Crippen LogP contribution in [0.4, 0.5) is 0 Å². The Morgan fingerprint density at radius 1 is 1.57 bits per heavy atom. The minimum Gasteiger partial charge on any atom is -0.355 e. The van der Waals surface area contributed by atoms with Crippen molar-refractivity contribution in [1.82, 2.24) is 10.3 Å². The molecule has 0 aliphatic rings. The van der Waals surface area contributed by atoms with Gasteiger partial charge in [0.05, 0.1) is 0 Å². The number of hydrogen-bond donors (Lipinski definition) is 1. The summed E-state index contributed by atoms with van der Waals surface area (Å²) in [6.45, 7) is 2.02. The summed E-state index contributed by atoms with van der Waals surface area (Å²) in [5, 5.41) is 2.75. The Labute approximate surface area is 86.3 Å². The number of carbonyl (C=O) groups excluding carboxylic acids is 2. The number of aldehydes is 1. The summed E-state index contributed by atoms with van der Waals surface area (Å²) in [6, 6.07) is 1.48. The van der Waals surface area contributed by atoms with Crippen LogP contribution in [-0.4, -0.2) is 17.7 Å². The predicted molar refractivity (Wildman–Crippen MR) is 52.3 cm³/mol. The van der Waals surface area contributed by atoms with Crippen LogP contribution in [-0.2, 0) is 11.3 Å². The van der Waals surface area contributed by atoms with Crippen LogP contribution in [0.1, 0.15) is 21.6 Å². The molecule has 0 aromatic carbocycles. The molecule has 0 saturated carbocycles. The van der Waals surface area contributed by atoms with Gasteiger partial charge in [0.1, 0.15) is 5.15 Å². The Bertz CT molecular complexity index is 366. The Balaban J connectivity index is 3.11. The van der Waals surface area contributed by atoms with Gasteiger partial charge in [-0.15, -0.1) is 0 Å². The number of aromatic nitrogens is 1. The average Bonchev–Trinajstić information content (AvgIpc) is 2.15. The number of carbonyl (C=O) groups is 2. The molecule has 4 nitrogen and oxygen atoms in total. The lowest BCUT2D eigenvalue weighted by atomic mass is 10.1. The smallest absolute Gasteiger partial charge is 0.207 e. The van der Waals surface area contributed by atoms with Crippen LogP contribution in [0.5, 0.6) is 0 Å². The summed E-state index contributed by atoms with van der Waals surface area (Å²) in [4.78, 5) is 24.8. The first-order valence-electron chi connectivity index (χ1n) is 3.97. The normalized spacial score (nSPS) is 9.57. The molecule has 0 saturated heterocycles. The van der Waals surface area contributed by atoms with E-state index in [0.717, 1.165) is 0 Å². The third-order valence-electron chi connectivity index (χ3n) is 1.82. The second-order valence-electron chi connectivity index (χ2n) is 2.71. The van der Waals surface area contributed by atoms with Crippen LogP contribution in [0.3, 0.4) is 0 Å². The van der Waals surface area contributed by atoms with E-state index in [2.05, 4.69) is 10.3 Å². The van der Waals surface area contributed by atoms with E-state index in [-0.39, 0.29) is 11.7 Å². The lowest BCUT2D eigenvalue weighted by Crippen LogP contribution is -2.13. The monoisotopic (exact) mass is 212 g/mol. The number of amides is 1. The van der Waals surface area contributed by atoms with Crippen molar-refractivity contribution in [2.45, 2.75) is 13.5 Å². The van der Waals surface area contributed by atoms with E-state index >= 15 is 0 Å². The lowest BCUT2D eigenvalue weighted by Gasteiger charge is -2.07. The van der Waals surface area contributed by atoms with E-state index in [9.17, 15) is 9.59 Å². The van der Waals surface area contributed by atoms with Gasteiger partial charge < -0.3 is 5.32 Å². The molecular weight excluding hydrogens is 204 g/mol. The highest BCUT2D eigenvalue weighted by Crippen LogP contribution is 2.15. The van der Waals surface area contributed by atoms with Crippen LogP contribution >= 0.6 is 11.6 Å². The molecule has 5 heteroatoms. The quantitative estimate of drug-likeness (QED) is 0.601. The highest BCUT2D eigenvalue weighted by molar-refractivity contribution is 6.29. The summed E-state index contributed by atoms with van der Waals surface area (Å²) >= 11 is 5.67. The van der Waals surface area contributed by atoms with Gasteiger partial charge in [-0.3, -0.25) is 9.59 Å². The maximum absolute atomic E-state index is 10.7. The molecule has 1 rings (SSSR count). The van der Waals surface area contributed by atoms with Crippen molar-refractivity contribution in [1.29, 1.82) is 0 Å². The summed E-state index contributed by atoms with van der Waals surface area (Å²) in [6.07, 6.45) is 1.27. The number of nitrogens with zero attached hydrogens (tertiary/aromatic N) is 1. The van der Waals surface area contributed by atoms with E-state index in [4.69, 9.17) is 11.6 Å². The minimum absolute atomic E-state index is 0.277. The van der Waals surface area contributed by atoms with Crippen LogP contribution in [0.2, 0.25) is 5.15 Å². The molecule has 0 unspecified atom stereocenters. The minimum atomic E-state index is 0.277. The summed E-state index contributed by atoms with van der Waals surface area (Å²) in [7, 11) is 0. The first-order chi connectivity index (χ1) is 6.69. The molecule has 1 amide bonds. The molecular formula is C9H9ClN2O2. The zero-order chi connectivity index (χ0) is 10.6.